The number of hydrogen-bond acceptors (Lipinski definition) is 6. The Morgan fingerprint density at radius 3 is 2.77 bits per heavy atom. The molecule has 0 spiro atoms. The molecule has 0 unspecified atom stereocenters. The predicted molar refractivity (Wildman–Crippen MR) is 76.5 cm³/mol. The molecule has 8 heteroatoms. The highest BCUT2D eigenvalue weighted by Crippen LogP contribution is 2.37. The Bertz CT molecular complexity index is 785. The third-order valence-corrected chi connectivity index (χ3v) is 4.65. The van der Waals surface area contributed by atoms with Gasteiger partial charge in [0.25, 0.3) is 5.91 Å². The monoisotopic (exact) mass is 322 g/mol. The van der Waals surface area contributed by atoms with Gasteiger partial charge in [0.2, 0.25) is 10.0 Å². The van der Waals surface area contributed by atoms with E-state index in [-0.39, 0.29) is 11.6 Å². The molecule has 0 bridgehead atoms. The Kier molecular flexibility index (Phi) is 3.61. The Morgan fingerprint density at radius 2 is 2.09 bits per heavy atom. The topological polar surface area (TPSA) is 98.5 Å². The van der Waals surface area contributed by atoms with Crippen molar-refractivity contribution in [3.8, 4) is 5.75 Å². The average molecular weight is 322 g/mol. The molecule has 1 amide bonds. The summed E-state index contributed by atoms with van der Waals surface area (Å²) in [6.45, 7) is 1.82. The number of rotatable bonds is 4. The molecule has 0 aliphatic carbocycles. The molecule has 2 heterocycles. The van der Waals surface area contributed by atoms with E-state index in [1.165, 1.54) is 12.3 Å². The molecule has 1 aliphatic rings. The Labute approximate surface area is 127 Å². The van der Waals surface area contributed by atoms with E-state index in [9.17, 15) is 13.2 Å². The van der Waals surface area contributed by atoms with Gasteiger partial charge in [-0.1, -0.05) is 30.3 Å². The summed E-state index contributed by atoms with van der Waals surface area (Å²) in [7, 11) is -3.85. The molecule has 2 aromatic rings. The summed E-state index contributed by atoms with van der Waals surface area (Å²) in [5.41, 5.74) is 1.11. The van der Waals surface area contributed by atoms with Crippen LogP contribution < -0.4 is 9.46 Å². The van der Waals surface area contributed by atoms with E-state index in [1.807, 2.05) is 23.8 Å². The van der Waals surface area contributed by atoms with E-state index in [1.54, 1.807) is 12.1 Å². The number of ether oxygens (including phenoxy) is 1. The third kappa shape index (κ3) is 2.82. The van der Waals surface area contributed by atoms with Crippen molar-refractivity contribution in [3.63, 3.8) is 0 Å². The zero-order chi connectivity index (χ0) is 15.7. The van der Waals surface area contributed by atoms with Gasteiger partial charge in [-0.3, -0.25) is 4.79 Å². The minimum atomic E-state index is -3.85. The first-order valence-corrected chi connectivity index (χ1v) is 8.31. The van der Waals surface area contributed by atoms with Crippen LogP contribution in [0.5, 0.6) is 5.75 Å². The number of nitrogens with zero attached hydrogens (tertiary/aromatic N) is 1. The van der Waals surface area contributed by atoms with Crippen molar-refractivity contribution in [2.45, 2.75) is 24.7 Å². The maximum atomic E-state index is 12.2. The third-order valence-electron chi connectivity index (χ3n) is 3.46. The Morgan fingerprint density at radius 1 is 1.32 bits per heavy atom. The standard InChI is InChI=1S/C14H14N2O5S/c1-9-11-4-2-3-5-12(11)21-13(9)14(17)16-22(18,19)8-10-6-7-20-15-10/h2-7,9,13H,8H2,1H3,(H,16,17)/t9-,13-/m0/s1. The number of benzene rings is 1. The van der Waals surface area contributed by atoms with Gasteiger partial charge in [0, 0.05) is 17.5 Å². The van der Waals surface area contributed by atoms with Gasteiger partial charge in [0.15, 0.2) is 6.10 Å². The van der Waals surface area contributed by atoms with Crippen LogP contribution >= 0.6 is 0 Å². The van der Waals surface area contributed by atoms with E-state index in [2.05, 4.69) is 9.68 Å². The van der Waals surface area contributed by atoms with Gasteiger partial charge in [-0.2, -0.15) is 0 Å². The van der Waals surface area contributed by atoms with Crippen molar-refractivity contribution in [3.05, 3.63) is 47.9 Å². The molecule has 22 heavy (non-hydrogen) atoms. The number of carbonyl (C=O) groups excluding carboxylic acids is 1. The first-order chi connectivity index (χ1) is 10.5. The highest BCUT2D eigenvalue weighted by molar-refractivity contribution is 7.89. The van der Waals surface area contributed by atoms with Crippen molar-refractivity contribution in [2.75, 3.05) is 0 Å². The lowest BCUT2D eigenvalue weighted by Crippen LogP contribution is -2.42. The number of para-hydroxylation sites is 1. The summed E-state index contributed by atoms with van der Waals surface area (Å²) in [4.78, 5) is 12.2. The highest BCUT2D eigenvalue weighted by Gasteiger charge is 2.37. The van der Waals surface area contributed by atoms with Crippen LogP contribution in [0.25, 0.3) is 0 Å². The second-order valence-electron chi connectivity index (χ2n) is 5.08. The quantitative estimate of drug-likeness (QED) is 0.907. The molecule has 1 N–H and O–H groups in total. The summed E-state index contributed by atoms with van der Waals surface area (Å²) in [5, 5.41) is 3.52. The lowest BCUT2D eigenvalue weighted by Gasteiger charge is -2.15. The van der Waals surface area contributed by atoms with Gasteiger partial charge < -0.3 is 9.26 Å². The minimum Gasteiger partial charge on any atom is -0.480 e. The first-order valence-electron chi connectivity index (χ1n) is 6.65. The van der Waals surface area contributed by atoms with Gasteiger partial charge >= 0.3 is 0 Å². The molecule has 0 radical (unpaired) electrons. The molecular formula is C14H14N2O5S. The second kappa shape index (κ2) is 5.45. The predicted octanol–water partition coefficient (Wildman–Crippen LogP) is 1.19. The molecule has 1 aromatic heterocycles. The van der Waals surface area contributed by atoms with Crippen LogP contribution in [0.15, 0.2) is 41.1 Å². The number of carbonyl (C=O) groups is 1. The fraction of sp³-hybridized carbons (Fsp3) is 0.286. The van der Waals surface area contributed by atoms with Crippen molar-refractivity contribution in [2.24, 2.45) is 0 Å². The molecule has 1 aliphatic heterocycles. The normalized spacial score (nSPS) is 20.2. The number of aromatic nitrogens is 1. The van der Waals surface area contributed by atoms with E-state index < -0.39 is 27.8 Å². The summed E-state index contributed by atoms with van der Waals surface area (Å²) >= 11 is 0. The smallest absolute Gasteiger partial charge is 0.275 e. The van der Waals surface area contributed by atoms with Gasteiger partial charge in [-0.15, -0.1) is 0 Å². The van der Waals surface area contributed by atoms with Crippen LogP contribution in [0.4, 0.5) is 0 Å². The lowest BCUT2D eigenvalue weighted by molar-refractivity contribution is -0.126. The maximum absolute atomic E-state index is 12.2. The summed E-state index contributed by atoms with van der Waals surface area (Å²) in [5.74, 6) is -0.738. The van der Waals surface area contributed by atoms with Crippen LogP contribution in [0.1, 0.15) is 24.1 Å². The lowest BCUT2D eigenvalue weighted by atomic mass is 9.97. The van der Waals surface area contributed by atoms with Crippen molar-refractivity contribution < 1.29 is 22.5 Å². The van der Waals surface area contributed by atoms with Gasteiger partial charge in [0.05, 0.1) is 0 Å². The summed E-state index contributed by atoms with van der Waals surface area (Å²) < 4.78 is 36.1. The first kappa shape index (κ1) is 14.6. The zero-order valence-electron chi connectivity index (χ0n) is 11.7. The number of nitrogens with one attached hydrogen (secondary N) is 1. The molecule has 7 nitrogen and oxygen atoms in total. The zero-order valence-corrected chi connectivity index (χ0v) is 12.5. The van der Waals surface area contributed by atoms with E-state index >= 15 is 0 Å². The summed E-state index contributed by atoms with van der Waals surface area (Å²) in [6, 6.07) is 8.68. The molecule has 0 saturated heterocycles. The van der Waals surface area contributed by atoms with Crippen LogP contribution in [0.2, 0.25) is 0 Å². The molecule has 0 saturated carbocycles. The molecule has 3 rings (SSSR count). The maximum Gasteiger partial charge on any atom is 0.275 e. The fourth-order valence-electron chi connectivity index (χ4n) is 2.40. The summed E-state index contributed by atoms with van der Waals surface area (Å²) in [6.07, 6.45) is 0.398. The van der Waals surface area contributed by atoms with Gasteiger partial charge in [-0.25, -0.2) is 13.1 Å². The van der Waals surface area contributed by atoms with E-state index in [0.29, 0.717) is 5.75 Å². The minimum absolute atomic E-state index is 0.224. The van der Waals surface area contributed by atoms with E-state index in [0.717, 1.165) is 5.56 Å². The largest absolute Gasteiger partial charge is 0.480 e. The van der Waals surface area contributed by atoms with E-state index in [4.69, 9.17) is 4.74 Å². The molecule has 116 valence electrons. The SMILES string of the molecule is C[C@H]1c2ccccc2O[C@@H]1C(=O)NS(=O)(=O)Cc1ccon1. The number of sulfonamides is 1. The van der Waals surface area contributed by atoms with Gasteiger partial charge in [-0.05, 0) is 6.07 Å². The van der Waals surface area contributed by atoms with Crippen molar-refractivity contribution in [1.29, 1.82) is 0 Å². The molecule has 0 fully saturated rings. The Hall–Kier alpha value is -2.35. The molecule has 1 aromatic carbocycles. The fourth-order valence-corrected chi connectivity index (χ4v) is 3.43. The number of hydrogen-bond donors (Lipinski definition) is 1. The van der Waals surface area contributed by atoms with Crippen molar-refractivity contribution in [1.82, 2.24) is 9.88 Å². The number of amides is 1. The van der Waals surface area contributed by atoms with Crippen LogP contribution in [0, 0.1) is 0 Å². The Balaban J connectivity index is 1.71. The van der Waals surface area contributed by atoms with Crippen LogP contribution in [-0.4, -0.2) is 25.6 Å². The highest BCUT2D eigenvalue weighted by atomic mass is 32.2. The molecular weight excluding hydrogens is 308 g/mol. The average Bonchev–Trinajstić information content (AvgIpc) is 3.06. The van der Waals surface area contributed by atoms with Crippen LogP contribution in [-0.2, 0) is 20.6 Å². The molecule has 2 atom stereocenters. The van der Waals surface area contributed by atoms with Gasteiger partial charge in [0.1, 0.15) is 23.5 Å². The second-order valence-corrected chi connectivity index (χ2v) is 6.80. The van der Waals surface area contributed by atoms with Crippen molar-refractivity contribution >= 4 is 15.9 Å². The van der Waals surface area contributed by atoms with Crippen LogP contribution in [0.3, 0.4) is 0 Å². The number of fused-ring (bicyclic) bond motifs is 1.